The Labute approximate surface area is 214 Å². The van der Waals surface area contributed by atoms with Crippen LogP contribution in [0.5, 0.6) is 5.75 Å². The van der Waals surface area contributed by atoms with E-state index in [4.69, 9.17) is 19.9 Å². The highest BCUT2D eigenvalue weighted by molar-refractivity contribution is 5.97. The molecule has 3 N–H and O–H groups in total. The van der Waals surface area contributed by atoms with Crippen molar-refractivity contribution in [1.82, 2.24) is 4.98 Å². The van der Waals surface area contributed by atoms with Crippen LogP contribution in [0.1, 0.15) is 48.7 Å². The Morgan fingerprint density at radius 1 is 1.18 bits per heavy atom. The maximum Gasteiger partial charge on any atom is 0.417 e. The minimum Gasteiger partial charge on any atom is -0.487 e. The zero-order valence-corrected chi connectivity index (χ0v) is 20.6. The SMILES string of the molecule is CO[C@H]1C[C@H](Oc2c([C@H]3[C@H](C(=O)Nc4ccnc(C(N)=O)c4)O[C@@](C)(C(F)(F)F)[C@H]3C)ccc(F)c2F)C1. The average molecular weight is 543 g/mol. The number of hydrogen-bond donors (Lipinski definition) is 2. The van der Waals surface area contributed by atoms with Crippen LogP contribution in [0.2, 0.25) is 0 Å². The second kappa shape index (κ2) is 10.1. The number of aromatic nitrogens is 1. The average Bonchev–Trinajstić information content (AvgIpc) is 3.10. The third kappa shape index (κ3) is 4.92. The van der Waals surface area contributed by atoms with Crippen molar-refractivity contribution in [2.75, 3.05) is 12.4 Å². The molecule has 38 heavy (non-hydrogen) atoms. The van der Waals surface area contributed by atoms with E-state index >= 15 is 4.39 Å². The molecular formula is C25H26F5N3O5. The third-order valence-corrected chi connectivity index (χ3v) is 7.32. The quantitative estimate of drug-likeness (QED) is 0.509. The Morgan fingerprint density at radius 3 is 2.47 bits per heavy atom. The van der Waals surface area contributed by atoms with Crippen molar-refractivity contribution in [3.05, 3.63) is 53.4 Å². The minimum atomic E-state index is -4.91. The first kappa shape index (κ1) is 27.7. The number of benzene rings is 1. The Hall–Kier alpha value is -3.32. The Balaban J connectivity index is 1.74. The van der Waals surface area contributed by atoms with Gasteiger partial charge in [-0.2, -0.15) is 17.6 Å². The second-order valence-corrected chi connectivity index (χ2v) is 9.59. The summed E-state index contributed by atoms with van der Waals surface area (Å²) in [6.45, 7) is 2.02. The highest BCUT2D eigenvalue weighted by Gasteiger charge is 2.66. The number of ether oxygens (including phenoxy) is 3. The molecule has 4 atom stereocenters. The van der Waals surface area contributed by atoms with Crippen LogP contribution in [0.3, 0.4) is 0 Å². The number of anilines is 1. The Bertz CT molecular complexity index is 1240. The fourth-order valence-corrected chi connectivity index (χ4v) is 4.78. The van der Waals surface area contributed by atoms with Crippen LogP contribution in [0.15, 0.2) is 30.5 Å². The van der Waals surface area contributed by atoms with E-state index in [-0.39, 0.29) is 23.0 Å². The molecule has 206 valence electrons. The van der Waals surface area contributed by atoms with Gasteiger partial charge in [0.15, 0.2) is 17.2 Å². The molecule has 0 spiro atoms. The number of methoxy groups -OCH3 is 1. The monoisotopic (exact) mass is 543 g/mol. The van der Waals surface area contributed by atoms with Crippen LogP contribution in [-0.4, -0.2) is 54.0 Å². The minimum absolute atomic E-state index is 0.0243. The van der Waals surface area contributed by atoms with Gasteiger partial charge in [0.05, 0.1) is 6.10 Å². The van der Waals surface area contributed by atoms with E-state index in [1.165, 1.54) is 26.3 Å². The molecule has 4 rings (SSSR count). The fourth-order valence-electron chi connectivity index (χ4n) is 4.78. The van der Waals surface area contributed by atoms with Crippen LogP contribution in [0, 0.1) is 17.6 Å². The lowest BCUT2D eigenvalue weighted by Gasteiger charge is -2.36. The summed E-state index contributed by atoms with van der Waals surface area (Å²) in [6.07, 6.45) is -5.48. The lowest BCUT2D eigenvalue weighted by Crippen LogP contribution is -2.47. The number of nitrogens with one attached hydrogen (secondary N) is 1. The van der Waals surface area contributed by atoms with Gasteiger partial charge >= 0.3 is 6.18 Å². The molecule has 2 aliphatic rings. The summed E-state index contributed by atoms with van der Waals surface area (Å²) in [5, 5.41) is 2.41. The molecule has 1 aromatic heterocycles. The van der Waals surface area contributed by atoms with Gasteiger partial charge in [-0.3, -0.25) is 14.6 Å². The van der Waals surface area contributed by atoms with Gasteiger partial charge in [0, 0.05) is 49.2 Å². The molecule has 13 heteroatoms. The van der Waals surface area contributed by atoms with E-state index in [1.807, 2.05) is 0 Å². The standard InChI is InChI=1S/C25H26F5N3O5/c1-11-18(15-4-5-16(26)19(27)20(15)37-14-9-13(10-14)36-3)21(38-24(11,2)25(28,29)30)23(35)33-12-6-7-32-17(8-12)22(31)34/h4-8,11,13-14,18,21H,9-10H2,1-3H3,(H2,31,34)(H,32,33,35)/t11-,13-,14-,18-,21+,24+/m0/s1. The highest BCUT2D eigenvalue weighted by atomic mass is 19.4. The number of amides is 2. The van der Waals surface area contributed by atoms with Crippen molar-refractivity contribution in [2.45, 2.75) is 62.7 Å². The molecule has 1 aromatic carbocycles. The van der Waals surface area contributed by atoms with Crippen LogP contribution >= 0.6 is 0 Å². The lowest BCUT2D eigenvalue weighted by atomic mass is 9.76. The number of hydrogen-bond acceptors (Lipinski definition) is 6. The number of alkyl halides is 3. The molecule has 2 fully saturated rings. The molecule has 1 aliphatic heterocycles. The topological polar surface area (TPSA) is 113 Å². The second-order valence-electron chi connectivity index (χ2n) is 9.59. The van der Waals surface area contributed by atoms with Crippen molar-refractivity contribution in [1.29, 1.82) is 0 Å². The summed E-state index contributed by atoms with van der Waals surface area (Å²) in [4.78, 5) is 28.5. The largest absolute Gasteiger partial charge is 0.487 e. The van der Waals surface area contributed by atoms with Gasteiger partial charge in [0.2, 0.25) is 5.82 Å². The summed E-state index contributed by atoms with van der Waals surface area (Å²) in [5.41, 5.74) is 2.09. The van der Waals surface area contributed by atoms with E-state index < -0.39 is 65.0 Å². The first-order valence-electron chi connectivity index (χ1n) is 11.8. The number of nitrogens with two attached hydrogens (primary N) is 1. The van der Waals surface area contributed by atoms with Crippen LogP contribution in [0.4, 0.5) is 27.6 Å². The maximum atomic E-state index is 15.0. The van der Waals surface area contributed by atoms with Crippen molar-refractivity contribution < 1.29 is 45.8 Å². The van der Waals surface area contributed by atoms with Crippen molar-refractivity contribution in [3.8, 4) is 5.75 Å². The molecule has 8 nitrogen and oxygen atoms in total. The van der Waals surface area contributed by atoms with E-state index in [0.717, 1.165) is 25.1 Å². The smallest absolute Gasteiger partial charge is 0.417 e. The summed E-state index contributed by atoms with van der Waals surface area (Å²) in [6, 6.07) is 4.31. The van der Waals surface area contributed by atoms with E-state index in [0.29, 0.717) is 12.8 Å². The van der Waals surface area contributed by atoms with E-state index in [2.05, 4.69) is 10.3 Å². The number of nitrogens with zero attached hydrogens (tertiary/aromatic N) is 1. The van der Waals surface area contributed by atoms with Gasteiger partial charge in [-0.05, 0) is 25.1 Å². The molecular weight excluding hydrogens is 517 g/mol. The highest BCUT2D eigenvalue weighted by Crippen LogP contribution is 2.55. The predicted molar refractivity (Wildman–Crippen MR) is 123 cm³/mol. The van der Waals surface area contributed by atoms with E-state index in [1.54, 1.807) is 0 Å². The molecule has 0 unspecified atom stereocenters. The first-order valence-corrected chi connectivity index (χ1v) is 11.8. The summed E-state index contributed by atoms with van der Waals surface area (Å²) < 4.78 is 88.1. The molecule has 2 amide bonds. The maximum absolute atomic E-state index is 15.0. The van der Waals surface area contributed by atoms with E-state index in [9.17, 15) is 27.2 Å². The molecule has 2 heterocycles. The van der Waals surface area contributed by atoms with Gasteiger partial charge in [0.1, 0.15) is 17.9 Å². The fraction of sp³-hybridized carbons (Fsp3) is 0.480. The van der Waals surface area contributed by atoms with Gasteiger partial charge in [-0.25, -0.2) is 4.39 Å². The van der Waals surface area contributed by atoms with Crippen molar-refractivity contribution in [3.63, 3.8) is 0 Å². The summed E-state index contributed by atoms with van der Waals surface area (Å²) >= 11 is 0. The van der Waals surface area contributed by atoms with Gasteiger partial charge < -0.3 is 25.3 Å². The number of carbonyl (C=O) groups is 2. The first-order chi connectivity index (χ1) is 17.8. The summed E-state index contributed by atoms with van der Waals surface area (Å²) in [7, 11) is 1.49. The number of pyridine rings is 1. The van der Waals surface area contributed by atoms with Crippen LogP contribution < -0.4 is 15.8 Å². The van der Waals surface area contributed by atoms with Crippen molar-refractivity contribution in [2.24, 2.45) is 11.7 Å². The normalized spacial score (nSPS) is 29.0. The third-order valence-electron chi connectivity index (χ3n) is 7.32. The van der Waals surface area contributed by atoms with Crippen molar-refractivity contribution >= 4 is 17.5 Å². The molecule has 1 saturated carbocycles. The number of carbonyl (C=O) groups excluding carboxylic acids is 2. The molecule has 0 bridgehead atoms. The zero-order valence-electron chi connectivity index (χ0n) is 20.6. The molecule has 2 aromatic rings. The number of rotatable bonds is 7. The molecule has 0 radical (unpaired) electrons. The number of primary amides is 1. The van der Waals surface area contributed by atoms with Gasteiger partial charge in [-0.1, -0.05) is 13.0 Å². The van der Waals surface area contributed by atoms with Crippen LogP contribution in [0.25, 0.3) is 0 Å². The van der Waals surface area contributed by atoms with Crippen LogP contribution in [-0.2, 0) is 14.3 Å². The Kier molecular flexibility index (Phi) is 7.36. The van der Waals surface area contributed by atoms with Gasteiger partial charge in [-0.15, -0.1) is 0 Å². The zero-order chi connectivity index (χ0) is 28.0. The predicted octanol–water partition coefficient (Wildman–Crippen LogP) is 4.09. The summed E-state index contributed by atoms with van der Waals surface area (Å²) in [5.74, 6) is -7.91. The molecule has 1 saturated heterocycles. The van der Waals surface area contributed by atoms with Gasteiger partial charge in [0.25, 0.3) is 11.8 Å². The molecule has 1 aliphatic carbocycles. The lowest BCUT2D eigenvalue weighted by molar-refractivity contribution is -0.272. The number of halogens is 5. The Morgan fingerprint density at radius 2 is 1.87 bits per heavy atom.